The number of hydrogen-bond acceptors (Lipinski definition) is 6. The summed E-state index contributed by atoms with van der Waals surface area (Å²) in [5.74, 6) is 1.20. The van der Waals surface area contributed by atoms with Gasteiger partial charge in [0.1, 0.15) is 23.7 Å². The van der Waals surface area contributed by atoms with Gasteiger partial charge >= 0.3 is 0 Å². The molecule has 180 valence electrons. The lowest BCUT2D eigenvalue weighted by atomic mass is 10.2. The summed E-state index contributed by atoms with van der Waals surface area (Å²) in [7, 11) is 0. The number of aromatic nitrogens is 3. The van der Waals surface area contributed by atoms with Crippen LogP contribution in [0.5, 0.6) is 5.75 Å². The monoisotopic (exact) mass is 473 g/mol. The molecule has 2 aromatic carbocycles. The zero-order chi connectivity index (χ0) is 24.8. The number of nitrogens with one attached hydrogen (secondary N) is 2. The zero-order valence-corrected chi connectivity index (χ0v) is 19.9. The summed E-state index contributed by atoms with van der Waals surface area (Å²) < 4.78 is 12.9. The number of carbonyl (C=O) groups is 2. The van der Waals surface area contributed by atoms with Crippen molar-refractivity contribution >= 4 is 17.5 Å². The number of amides is 2. The van der Waals surface area contributed by atoms with E-state index < -0.39 is 0 Å². The Balaban J connectivity index is 1.33. The largest absolute Gasteiger partial charge is 0.484 e. The molecule has 0 unspecified atom stereocenters. The van der Waals surface area contributed by atoms with Gasteiger partial charge in [-0.25, -0.2) is 4.98 Å². The number of ether oxygens (including phenoxy) is 1. The average molecular weight is 474 g/mol. The molecule has 9 nitrogen and oxygen atoms in total. The molecule has 0 saturated heterocycles. The van der Waals surface area contributed by atoms with Gasteiger partial charge in [0, 0.05) is 17.4 Å². The lowest BCUT2D eigenvalue weighted by Crippen LogP contribution is -2.27. The first-order chi connectivity index (χ1) is 16.9. The molecule has 4 aromatic rings. The van der Waals surface area contributed by atoms with E-state index in [1.54, 1.807) is 36.0 Å². The van der Waals surface area contributed by atoms with E-state index in [1.165, 1.54) is 0 Å². The van der Waals surface area contributed by atoms with Crippen LogP contribution in [-0.4, -0.2) is 33.2 Å². The minimum atomic E-state index is -0.276. The van der Waals surface area contributed by atoms with Crippen LogP contribution in [0.3, 0.4) is 0 Å². The number of anilines is 1. The Bertz CT molecular complexity index is 1320. The van der Waals surface area contributed by atoms with E-state index in [4.69, 9.17) is 9.15 Å². The van der Waals surface area contributed by atoms with Crippen LogP contribution in [0.1, 0.15) is 22.7 Å². The van der Waals surface area contributed by atoms with Crippen LogP contribution in [-0.2, 0) is 22.7 Å². The Hall–Kier alpha value is -4.40. The molecule has 0 radical (unpaired) electrons. The summed E-state index contributed by atoms with van der Waals surface area (Å²) in [5, 5.41) is 9.87. The van der Waals surface area contributed by atoms with Gasteiger partial charge < -0.3 is 19.8 Å². The molecule has 0 fully saturated rings. The number of benzene rings is 2. The maximum atomic E-state index is 12.3. The fourth-order valence-corrected chi connectivity index (χ4v) is 3.36. The molecule has 0 aliphatic heterocycles. The average Bonchev–Trinajstić information content (AvgIpc) is 3.42. The molecule has 2 aromatic heterocycles. The molecule has 2 N–H and O–H groups in total. The van der Waals surface area contributed by atoms with Crippen LogP contribution in [0.2, 0.25) is 0 Å². The Morgan fingerprint density at radius 3 is 2.57 bits per heavy atom. The topological polar surface area (TPSA) is 111 Å². The van der Waals surface area contributed by atoms with Gasteiger partial charge in [0.05, 0.1) is 12.2 Å². The summed E-state index contributed by atoms with van der Waals surface area (Å²) in [6.07, 6.45) is 1.76. The lowest BCUT2D eigenvalue weighted by Gasteiger charge is -2.08. The Kier molecular flexibility index (Phi) is 7.25. The molecule has 0 spiro atoms. The number of hydrogen-bond donors (Lipinski definition) is 2. The van der Waals surface area contributed by atoms with Crippen molar-refractivity contribution in [3.8, 4) is 17.2 Å². The first kappa shape index (κ1) is 23.7. The molecule has 9 heteroatoms. The first-order valence-corrected chi connectivity index (χ1v) is 11.2. The molecule has 0 bridgehead atoms. The summed E-state index contributed by atoms with van der Waals surface area (Å²) in [6, 6.07) is 16.5. The standard InChI is InChI=1S/C26H27N5O4/c1-17-7-9-22(10-8-17)34-16-25(33)28-21-6-4-5-20(13-21)26-29-23(19(3)35-26)14-27-24(32)15-31-12-11-18(2)30-31/h4-13H,14-16H2,1-3H3,(H,27,32)(H,28,33). The van der Waals surface area contributed by atoms with Crippen molar-refractivity contribution in [3.63, 3.8) is 0 Å². The molecule has 0 atom stereocenters. The van der Waals surface area contributed by atoms with Crippen molar-refractivity contribution in [3.05, 3.63) is 83.5 Å². The smallest absolute Gasteiger partial charge is 0.262 e. The number of rotatable bonds is 9. The number of aryl methyl sites for hydroxylation is 3. The Morgan fingerprint density at radius 2 is 1.83 bits per heavy atom. The second-order valence-corrected chi connectivity index (χ2v) is 8.18. The van der Waals surface area contributed by atoms with E-state index >= 15 is 0 Å². The number of oxazole rings is 1. The van der Waals surface area contributed by atoms with Crippen LogP contribution in [0.15, 0.2) is 65.2 Å². The molecule has 35 heavy (non-hydrogen) atoms. The first-order valence-electron chi connectivity index (χ1n) is 11.2. The fraction of sp³-hybridized carbons (Fsp3) is 0.231. The van der Waals surface area contributed by atoms with Gasteiger partial charge in [-0.1, -0.05) is 23.8 Å². The molecule has 4 rings (SSSR count). The van der Waals surface area contributed by atoms with Crippen LogP contribution in [0.4, 0.5) is 5.69 Å². The van der Waals surface area contributed by atoms with Gasteiger partial charge in [0.2, 0.25) is 11.8 Å². The maximum absolute atomic E-state index is 12.3. The summed E-state index contributed by atoms with van der Waals surface area (Å²) in [6.45, 7) is 5.92. The summed E-state index contributed by atoms with van der Waals surface area (Å²) in [5.41, 5.74) is 3.91. The normalized spacial score (nSPS) is 10.7. The van der Waals surface area contributed by atoms with E-state index in [0.717, 1.165) is 11.3 Å². The van der Waals surface area contributed by atoms with Crippen molar-refractivity contribution in [2.75, 3.05) is 11.9 Å². The van der Waals surface area contributed by atoms with Crippen molar-refractivity contribution in [1.82, 2.24) is 20.1 Å². The predicted molar refractivity (Wildman–Crippen MR) is 131 cm³/mol. The van der Waals surface area contributed by atoms with Crippen LogP contribution >= 0.6 is 0 Å². The minimum absolute atomic E-state index is 0.104. The van der Waals surface area contributed by atoms with Crippen molar-refractivity contribution in [2.45, 2.75) is 33.9 Å². The van der Waals surface area contributed by atoms with Gasteiger partial charge in [0.15, 0.2) is 6.61 Å². The molecule has 2 heterocycles. The molecule has 2 amide bonds. The summed E-state index contributed by atoms with van der Waals surface area (Å²) in [4.78, 5) is 29.1. The number of carbonyl (C=O) groups excluding carboxylic acids is 2. The van der Waals surface area contributed by atoms with Crippen molar-refractivity contribution in [1.29, 1.82) is 0 Å². The number of nitrogens with zero attached hydrogens (tertiary/aromatic N) is 3. The highest BCUT2D eigenvalue weighted by Crippen LogP contribution is 2.24. The maximum Gasteiger partial charge on any atom is 0.262 e. The Morgan fingerprint density at radius 1 is 1.03 bits per heavy atom. The molecule has 0 saturated carbocycles. The highest BCUT2D eigenvalue weighted by Gasteiger charge is 2.14. The molecular formula is C26H27N5O4. The molecular weight excluding hydrogens is 446 g/mol. The van der Waals surface area contributed by atoms with E-state index in [2.05, 4.69) is 20.7 Å². The van der Waals surface area contributed by atoms with Gasteiger partial charge in [-0.15, -0.1) is 0 Å². The van der Waals surface area contributed by atoms with E-state index in [0.29, 0.717) is 34.3 Å². The third-order valence-corrected chi connectivity index (χ3v) is 5.21. The minimum Gasteiger partial charge on any atom is -0.484 e. The van der Waals surface area contributed by atoms with Gasteiger partial charge in [0.25, 0.3) is 5.91 Å². The zero-order valence-electron chi connectivity index (χ0n) is 19.9. The Labute approximate surface area is 203 Å². The van der Waals surface area contributed by atoms with Gasteiger partial charge in [-0.3, -0.25) is 14.3 Å². The van der Waals surface area contributed by atoms with E-state index in [1.807, 2.05) is 50.2 Å². The van der Waals surface area contributed by atoms with Crippen LogP contribution in [0, 0.1) is 20.8 Å². The third kappa shape index (κ3) is 6.57. The van der Waals surface area contributed by atoms with Crippen molar-refractivity contribution in [2.24, 2.45) is 0 Å². The van der Waals surface area contributed by atoms with E-state index in [-0.39, 0.29) is 31.5 Å². The fourth-order valence-electron chi connectivity index (χ4n) is 3.36. The second kappa shape index (κ2) is 10.7. The quantitative estimate of drug-likeness (QED) is 0.383. The highest BCUT2D eigenvalue weighted by molar-refractivity contribution is 5.92. The third-order valence-electron chi connectivity index (χ3n) is 5.21. The van der Waals surface area contributed by atoms with Crippen molar-refractivity contribution < 1.29 is 18.7 Å². The SMILES string of the molecule is Cc1ccc(OCC(=O)Nc2cccc(-c3nc(CNC(=O)Cn4ccc(C)n4)c(C)o3)c2)cc1. The molecule has 0 aliphatic carbocycles. The lowest BCUT2D eigenvalue weighted by molar-refractivity contribution is -0.122. The van der Waals surface area contributed by atoms with E-state index in [9.17, 15) is 9.59 Å². The summed E-state index contributed by atoms with van der Waals surface area (Å²) >= 11 is 0. The van der Waals surface area contributed by atoms with Crippen LogP contribution in [0.25, 0.3) is 11.5 Å². The predicted octanol–water partition coefficient (Wildman–Crippen LogP) is 3.80. The second-order valence-electron chi connectivity index (χ2n) is 8.18. The van der Waals surface area contributed by atoms with Gasteiger partial charge in [-0.05, 0) is 57.2 Å². The van der Waals surface area contributed by atoms with Crippen LogP contribution < -0.4 is 15.4 Å². The van der Waals surface area contributed by atoms with Gasteiger partial charge in [-0.2, -0.15) is 5.10 Å². The molecule has 0 aliphatic rings. The highest BCUT2D eigenvalue weighted by atomic mass is 16.5.